The van der Waals surface area contributed by atoms with Crippen LogP contribution in [-0.2, 0) is 4.79 Å². The van der Waals surface area contributed by atoms with Crippen LogP contribution in [0.15, 0.2) is 25.3 Å². The average Bonchev–Trinajstić information content (AvgIpc) is 2.26. The number of nitrogens with zero attached hydrogens (tertiary/aromatic N) is 1. The van der Waals surface area contributed by atoms with Crippen molar-refractivity contribution in [1.82, 2.24) is 4.90 Å². The molecule has 0 aliphatic heterocycles. The second-order valence-electron chi connectivity index (χ2n) is 4.10. The molecule has 3 heteroatoms. The van der Waals surface area contributed by atoms with Gasteiger partial charge in [0, 0.05) is 19.5 Å². The fourth-order valence-corrected chi connectivity index (χ4v) is 1.55. The van der Waals surface area contributed by atoms with Crippen LogP contribution in [0.1, 0.15) is 26.2 Å². The van der Waals surface area contributed by atoms with Crippen molar-refractivity contribution in [3.8, 4) is 0 Å². The number of rotatable bonds is 9. The lowest BCUT2D eigenvalue weighted by atomic mass is 10.0. The standard InChI is InChI=1S/C13H24N2O/c1-4-10-15(11-5-2)13(16)7-6-12(3)8-9-14/h4-5,12H,1-2,6-11,14H2,3H3. The zero-order valence-corrected chi connectivity index (χ0v) is 10.3. The van der Waals surface area contributed by atoms with Crippen molar-refractivity contribution >= 4 is 5.91 Å². The van der Waals surface area contributed by atoms with E-state index in [4.69, 9.17) is 5.73 Å². The van der Waals surface area contributed by atoms with E-state index >= 15 is 0 Å². The first kappa shape index (κ1) is 14.9. The molecule has 1 amide bonds. The van der Waals surface area contributed by atoms with Gasteiger partial charge in [-0.25, -0.2) is 0 Å². The summed E-state index contributed by atoms with van der Waals surface area (Å²) in [6.07, 6.45) is 5.95. The van der Waals surface area contributed by atoms with Gasteiger partial charge in [0.25, 0.3) is 0 Å². The fourth-order valence-electron chi connectivity index (χ4n) is 1.55. The number of hydrogen-bond donors (Lipinski definition) is 1. The molecule has 0 saturated heterocycles. The Labute approximate surface area is 99.0 Å². The molecule has 0 aliphatic rings. The fraction of sp³-hybridized carbons (Fsp3) is 0.615. The topological polar surface area (TPSA) is 46.3 Å². The molecule has 0 aromatic rings. The molecule has 92 valence electrons. The van der Waals surface area contributed by atoms with Crippen LogP contribution in [0.25, 0.3) is 0 Å². The van der Waals surface area contributed by atoms with Crippen LogP contribution in [-0.4, -0.2) is 30.4 Å². The van der Waals surface area contributed by atoms with Gasteiger partial charge in [-0.15, -0.1) is 13.2 Å². The summed E-state index contributed by atoms with van der Waals surface area (Å²) in [7, 11) is 0. The van der Waals surface area contributed by atoms with Crippen molar-refractivity contribution in [1.29, 1.82) is 0 Å². The molecule has 0 fully saturated rings. The Kier molecular flexibility index (Phi) is 8.53. The van der Waals surface area contributed by atoms with E-state index in [1.165, 1.54) is 0 Å². The van der Waals surface area contributed by atoms with Gasteiger partial charge in [0.05, 0.1) is 0 Å². The molecule has 0 radical (unpaired) electrons. The van der Waals surface area contributed by atoms with Gasteiger partial charge in [-0.2, -0.15) is 0 Å². The Hall–Kier alpha value is -1.09. The third-order valence-electron chi connectivity index (χ3n) is 2.56. The summed E-state index contributed by atoms with van der Waals surface area (Å²) in [6.45, 7) is 11.3. The summed E-state index contributed by atoms with van der Waals surface area (Å²) in [4.78, 5) is 13.6. The van der Waals surface area contributed by atoms with Crippen LogP contribution >= 0.6 is 0 Å². The van der Waals surface area contributed by atoms with E-state index in [-0.39, 0.29) is 5.91 Å². The van der Waals surface area contributed by atoms with Gasteiger partial charge in [0.2, 0.25) is 5.91 Å². The van der Waals surface area contributed by atoms with Crippen LogP contribution in [0, 0.1) is 5.92 Å². The molecule has 0 aromatic carbocycles. The van der Waals surface area contributed by atoms with Crippen LogP contribution in [0.4, 0.5) is 0 Å². The molecule has 2 N–H and O–H groups in total. The third kappa shape index (κ3) is 6.40. The van der Waals surface area contributed by atoms with Crippen LogP contribution in [0.2, 0.25) is 0 Å². The van der Waals surface area contributed by atoms with Crippen LogP contribution in [0.5, 0.6) is 0 Å². The lowest BCUT2D eigenvalue weighted by Gasteiger charge is -2.20. The number of carbonyl (C=O) groups is 1. The Balaban J connectivity index is 3.99. The predicted molar refractivity (Wildman–Crippen MR) is 69.0 cm³/mol. The van der Waals surface area contributed by atoms with Crippen molar-refractivity contribution < 1.29 is 4.79 Å². The Morgan fingerprint density at radius 3 is 2.31 bits per heavy atom. The van der Waals surface area contributed by atoms with Gasteiger partial charge >= 0.3 is 0 Å². The molecule has 0 bridgehead atoms. The van der Waals surface area contributed by atoms with Crippen LogP contribution in [0.3, 0.4) is 0 Å². The molecule has 0 heterocycles. The highest BCUT2D eigenvalue weighted by Crippen LogP contribution is 2.10. The summed E-state index contributed by atoms with van der Waals surface area (Å²) < 4.78 is 0. The minimum absolute atomic E-state index is 0.170. The van der Waals surface area contributed by atoms with Crippen molar-refractivity contribution in [2.45, 2.75) is 26.2 Å². The molecule has 1 atom stereocenters. The monoisotopic (exact) mass is 224 g/mol. The van der Waals surface area contributed by atoms with E-state index in [9.17, 15) is 4.79 Å². The van der Waals surface area contributed by atoms with Crippen LogP contribution < -0.4 is 5.73 Å². The SMILES string of the molecule is C=CCN(CC=C)C(=O)CCC(C)CCN. The molecule has 16 heavy (non-hydrogen) atoms. The van der Waals surface area contributed by atoms with Crippen molar-refractivity contribution in [2.75, 3.05) is 19.6 Å². The van der Waals surface area contributed by atoms with E-state index < -0.39 is 0 Å². The zero-order valence-electron chi connectivity index (χ0n) is 10.3. The summed E-state index contributed by atoms with van der Waals surface area (Å²) in [5, 5.41) is 0. The molecule has 0 aromatic heterocycles. The van der Waals surface area contributed by atoms with E-state index in [1.807, 2.05) is 0 Å². The van der Waals surface area contributed by atoms with Crippen molar-refractivity contribution in [3.05, 3.63) is 25.3 Å². The normalized spacial score (nSPS) is 11.9. The highest BCUT2D eigenvalue weighted by Gasteiger charge is 2.11. The van der Waals surface area contributed by atoms with E-state index in [0.717, 1.165) is 12.8 Å². The Morgan fingerprint density at radius 2 is 1.88 bits per heavy atom. The van der Waals surface area contributed by atoms with Gasteiger partial charge in [0.15, 0.2) is 0 Å². The molecule has 3 nitrogen and oxygen atoms in total. The summed E-state index contributed by atoms with van der Waals surface area (Å²) in [6, 6.07) is 0. The van der Waals surface area contributed by atoms with Gasteiger partial charge in [-0.05, 0) is 25.3 Å². The van der Waals surface area contributed by atoms with E-state index in [0.29, 0.717) is 32.0 Å². The first-order valence-electron chi connectivity index (χ1n) is 5.85. The lowest BCUT2D eigenvalue weighted by Crippen LogP contribution is -2.31. The maximum atomic E-state index is 11.8. The number of hydrogen-bond acceptors (Lipinski definition) is 2. The third-order valence-corrected chi connectivity index (χ3v) is 2.56. The highest BCUT2D eigenvalue weighted by atomic mass is 16.2. The maximum absolute atomic E-state index is 11.8. The Morgan fingerprint density at radius 1 is 1.31 bits per heavy atom. The van der Waals surface area contributed by atoms with E-state index in [1.54, 1.807) is 17.1 Å². The molecular weight excluding hydrogens is 200 g/mol. The molecule has 1 unspecified atom stereocenters. The number of amides is 1. The zero-order chi connectivity index (χ0) is 12.4. The molecule has 0 spiro atoms. The second-order valence-corrected chi connectivity index (χ2v) is 4.10. The molecular formula is C13H24N2O. The predicted octanol–water partition coefficient (Wildman–Crippen LogP) is 1.95. The van der Waals surface area contributed by atoms with E-state index in [2.05, 4.69) is 20.1 Å². The molecule has 0 rings (SSSR count). The van der Waals surface area contributed by atoms with Gasteiger partial charge in [-0.3, -0.25) is 4.79 Å². The maximum Gasteiger partial charge on any atom is 0.223 e. The summed E-state index contributed by atoms with van der Waals surface area (Å²) in [5.74, 6) is 0.687. The van der Waals surface area contributed by atoms with Gasteiger partial charge < -0.3 is 10.6 Å². The van der Waals surface area contributed by atoms with Crippen molar-refractivity contribution in [3.63, 3.8) is 0 Å². The highest BCUT2D eigenvalue weighted by molar-refractivity contribution is 5.76. The van der Waals surface area contributed by atoms with Gasteiger partial charge in [-0.1, -0.05) is 19.1 Å². The Bertz CT molecular complexity index is 216. The first-order valence-corrected chi connectivity index (χ1v) is 5.85. The first-order chi connectivity index (χ1) is 7.65. The quantitative estimate of drug-likeness (QED) is 0.608. The largest absolute Gasteiger partial charge is 0.335 e. The minimum Gasteiger partial charge on any atom is -0.335 e. The lowest BCUT2D eigenvalue weighted by molar-refractivity contribution is -0.130. The van der Waals surface area contributed by atoms with Crippen molar-refractivity contribution in [2.24, 2.45) is 11.7 Å². The molecule has 0 aliphatic carbocycles. The second kappa shape index (κ2) is 9.16. The molecule has 0 saturated carbocycles. The van der Waals surface area contributed by atoms with Gasteiger partial charge in [0.1, 0.15) is 0 Å². The smallest absolute Gasteiger partial charge is 0.223 e. The summed E-state index contributed by atoms with van der Waals surface area (Å²) >= 11 is 0. The average molecular weight is 224 g/mol. The summed E-state index contributed by atoms with van der Waals surface area (Å²) in [5.41, 5.74) is 5.47. The number of carbonyl (C=O) groups excluding carboxylic acids is 1. The number of nitrogens with two attached hydrogens (primary N) is 1. The minimum atomic E-state index is 0.170.